The molecule has 2 N–H and O–H groups in total. The van der Waals surface area contributed by atoms with Crippen LogP contribution < -0.4 is 11.0 Å². The van der Waals surface area contributed by atoms with Crippen molar-refractivity contribution in [2.24, 2.45) is 5.10 Å². The molecule has 2 fully saturated rings. The maximum atomic E-state index is 13.1. The fraction of sp³-hybridized carbons (Fsp3) is 0.429. The quantitative estimate of drug-likeness (QED) is 0.372. The van der Waals surface area contributed by atoms with Crippen molar-refractivity contribution in [3.63, 3.8) is 0 Å². The van der Waals surface area contributed by atoms with Crippen molar-refractivity contribution in [3.8, 4) is 5.69 Å². The fourth-order valence-corrected chi connectivity index (χ4v) is 6.23. The van der Waals surface area contributed by atoms with Crippen LogP contribution in [-0.4, -0.2) is 69.3 Å². The van der Waals surface area contributed by atoms with Gasteiger partial charge in [0.1, 0.15) is 0 Å². The highest BCUT2D eigenvalue weighted by atomic mass is 32.1. The number of H-pyrrole nitrogens is 1. The molecule has 0 saturated carbocycles. The van der Waals surface area contributed by atoms with Crippen LogP contribution in [0.1, 0.15) is 68.8 Å². The van der Waals surface area contributed by atoms with E-state index < -0.39 is 5.91 Å². The van der Waals surface area contributed by atoms with Crippen molar-refractivity contribution in [1.82, 2.24) is 25.0 Å². The first kappa shape index (κ1) is 26.1. The molecule has 1 aromatic carbocycles. The van der Waals surface area contributed by atoms with Gasteiger partial charge in [-0.05, 0) is 83.8 Å². The van der Waals surface area contributed by atoms with Gasteiger partial charge in [-0.25, -0.2) is 10.1 Å². The standard InChI is InChI=1S/C28H34N6O3S/c1-18-6-8-22(9-7-18)34-28(37)25(20(3)31-34)19(2)29-30-26(35)23-10-11-24(38-23)27(36)33-16-12-21(13-17-33)32-14-4-5-15-32/h6-11,21,31H,4-5,12-17H2,1-3H3,(H,30,35). The molecule has 4 heterocycles. The van der Waals surface area contributed by atoms with Gasteiger partial charge in [0.05, 0.1) is 26.7 Å². The number of piperidine rings is 1. The largest absolute Gasteiger partial charge is 0.338 e. The van der Waals surface area contributed by atoms with Gasteiger partial charge in [-0.15, -0.1) is 11.3 Å². The predicted molar refractivity (Wildman–Crippen MR) is 150 cm³/mol. The van der Waals surface area contributed by atoms with Gasteiger partial charge in [0.25, 0.3) is 17.4 Å². The Balaban J connectivity index is 1.21. The molecule has 38 heavy (non-hydrogen) atoms. The molecule has 2 aliphatic heterocycles. The van der Waals surface area contributed by atoms with Crippen LogP contribution >= 0.6 is 11.3 Å². The fourth-order valence-electron chi connectivity index (χ4n) is 5.37. The van der Waals surface area contributed by atoms with Gasteiger partial charge in [0.2, 0.25) is 0 Å². The number of carbonyl (C=O) groups is 2. The van der Waals surface area contributed by atoms with Crippen LogP contribution in [0.4, 0.5) is 0 Å². The zero-order valence-electron chi connectivity index (χ0n) is 22.1. The van der Waals surface area contributed by atoms with Gasteiger partial charge in [-0.3, -0.25) is 19.5 Å². The molecular formula is C28H34N6O3S. The maximum absolute atomic E-state index is 13.1. The number of rotatable bonds is 6. The number of aromatic nitrogens is 2. The van der Waals surface area contributed by atoms with Gasteiger partial charge in [-0.2, -0.15) is 5.10 Å². The summed E-state index contributed by atoms with van der Waals surface area (Å²) >= 11 is 1.17. The summed E-state index contributed by atoms with van der Waals surface area (Å²) in [4.78, 5) is 44.3. The lowest BCUT2D eigenvalue weighted by atomic mass is 10.0. The third kappa shape index (κ3) is 5.37. The first-order valence-corrected chi connectivity index (χ1v) is 14.0. The van der Waals surface area contributed by atoms with E-state index in [1.54, 1.807) is 26.0 Å². The van der Waals surface area contributed by atoms with Gasteiger partial charge in [0.15, 0.2) is 0 Å². The predicted octanol–water partition coefficient (Wildman–Crippen LogP) is 3.70. The van der Waals surface area contributed by atoms with Gasteiger partial charge < -0.3 is 9.80 Å². The Morgan fingerprint density at radius 1 is 0.974 bits per heavy atom. The summed E-state index contributed by atoms with van der Waals surface area (Å²) in [5.41, 5.74) is 5.60. The first-order valence-electron chi connectivity index (χ1n) is 13.2. The summed E-state index contributed by atoms with van der Waals surface area (Å²) in [7, 11) is 0. The van der Waals surface area contributed by atoms with Crippen LogP contribution in [0.25, 0.3) is 5.69 Å². The van der Waals surface area contributed by atoms with E-state index in [2.05, 4.69) is 20.5 Å². The minimum Gasteiger partial charge on any atom is -0.338 e. The Morgan fingerprint density at radius 2 is 1.63 bits per heavy atom. The molecule has 0 unspecified atom stereocenters. The molecular weight excluding hydrogens is 500 g/mol. The number of hydrogen-bond acceptors (Lipinski definition) is 6. The summed E-state index contributed by atoms with van der Waals surface area (Å²) in [6.07, 6.45) is 4.56. The number of benzene rings is 1. The Bertz CT molecular complexity index is 1400. The van der Waals surface area contributed by atoms with Crippen LogP contribution in [0.5, 0.6) is 0 Å². The molecule has 0 radical (unpaired) electrons. The lowest BCUT2D eigenvalue weighted by molar-refractivity contribution is 0.0649. The molecule has 2 aromatic heterocycles. The summed E-state index contributed by atoms with van der Waals surface area (Å²) < 4.78 is 1.47. The molecule has 0 bridgehead atoms. The topological polar surface area (TPSA) is 103 Å². The number of aromatic amines is 1. The van der Waals surface area contributed by atoms with Gasteiger partial charge in [0, 0.05) is 24.8 Å². The number of nitrogens with one attached hydrogen (secondary N) is 2. The van der Waals surface area contributed by atoms with Crippen LogP contribution in [0.3, 0.4) is 0 Å². The summed E-state index contributed by atoms with van der Waals surface area (Å²) in [5.74, 6) is -0.429. The Morgan fingerprint density at radius 3 is 2.32 bits per heavy atom. The number of carbonyl (C=O) groups excluding carboxylic acids is 2. The summed E-state index contributed by atoms with van der Waals surface area (Å²) in [5, 5.41) is 7.28. The van der Waals surface area contributed by atoms with Gasteiger partial charge in [-0.1, -0.05) is 17.7 Å². The second-order valence-electron chi connectivity index (χ2n) is 10.2. The van der Waals surface area contributed by atoms with E-state index in [0.717, 1.165) is 37.2 Å². The molecule has 0 spiro atoms. The molecule has 0 aliphatic carbocycles. The van der Waals surface area contributed by atoms with E-state index in [-0.39, 0.29) is 11.5 Å². The second kappa shape index (κ2) is 11.1. The molecule has 3 aromatic rings. The SMILES string of the molecule is CC(=NNC(=O)c1ccc(C(=O)N2CCC(N3CCCC3)CC2)s1)c1c(C)[nH]n(-c2ccc(C)cc2)c1=O. The van der Waals surface area contributed by atoms with E-state index in [9.17, 15) is 14.4 Å². The molecule has 2 aliphatic rings. The zero-order chi connectivity index (χ0) is 26.8. The molecule has 2 amide bonds. The van der Waals surface area contributed by atoms with E-state index in [1.165, 1.54) is 41.9 Å². The highest BCUT2D eigenvalue weighted by Crippen LogP contribution is 2.24. The Hall–Kier alpha value is -3.50. The second-order valence-corrected chi connectivity index (χ2v) is 11.2. The third-order valence-corrected chi connectivity index (χ3v) is 8.57. The number of amides is 2. The van der Waals surface area contributed by atoms with Crippen LogP contribution in [-0.2, 0) is 0 Å². The number of hydrogen-bond donors (Lipinski definition) is 2. The van der Waals surface area contributed by atoms with Crippen LogP contribution in [0.2, 0.25) is 0 Å². The van der Waals surface area contributed by atoms with E-state index in [4.69, 9.17) is 0 Å². The number of likely N-dealkylation sites (tertiary alicyclic amines) is 2. The average Bonchev–Trinajstić information content (AvgIpc) is 3.68. The van der Waals surface area contributed by atoms with E-state index >= 15 is 0 Å². The molecule has 2 saturated heterocycles. The van der Waals surface area contributed by atoms with Gasteiger partial charge >= 0.3 is 0 Å². The Labute approximate surface area is 226 Å². The highest BCUT2D eigenvalue weighted by molar-refractivity contribution is 7.15. The van der Waals surface area contributed by atoms with Crippen molar-refractivity contribution < 1.29 is 9.59 Å². The van der Waals surface area contributed by atoms with Crippen molar-refractivity contribution in [1.29, 1.82) is 0 Å². The van der Waals surface area contributed by atoms with Crippen LogP contribution in [0, 0.1) is 13.8 Å². The van der Waals surface area contributed by atoms with Crippen LogP contribution in [0.15, 0.2) is 46.3 Å². The molecule has 5 rings (SSSR count). The number of thiophene rings is 1. The molecule has 9 nitrogen and oxygen atoms in total. The smallest absolute Gasteiger partial charge is 0.281 e. The number of aryl methyl sites for hydroxylation is 2. The normalized spacial score (nSPS) is 17.2. The zero-order valence-corrected chi connectivity index (χ0v) is 22.9. The molecule has 10 heteroatoms. The minimum atomic E-state index is -0.409. The summed E-state index contributed by atoms with van der Waals surface area (Å²) in [6.45, 7) is 9.33. The summed E-state index contributed by atoms with van der Waals surface area (Å²) in [6, 6.07) is 11.6. The Kier molecular flexibility index (Phi) is 7.62. The number of nitrogens with zero attached hydrogens (tertiary/aromatic N) is 4. The lowest BCUT2D eigenvalue weighted by Crippen LogP contribution is -2.45. The maximum Gasteiger partial charge on any atom is 0.281 e. The highest BCUT2D eigenvalue weighted by Gasteiger charge is 2.29. The molecule has 0 atom stereocenters. The van der Waals surface area contributed by atoms with Crippen molar-refractivity contribution >= 4 is 28.9 Å². The monoisotopic (exact) mass is 534 g/mol. The average molecular weight is 535 g/mol. The van der Waals surface area contributed by atoms with Crippen molar-refractivity contribution in [3.05, 3.63) is 73.3 Å². The third-order valence-electron chi connectivity index (χ3n) is 7.50. The van der Waals surface area contributed by atoms with Crippen molar-refractivity contribution in [2.45, 2.75) is 52.5 Å². The number of hydrazone groups is 1. The lowest BCUT2D eigenvalue weighted by Gasteiger charge is -2.36. The van der Waals surface area contributed by atoms with Crippen molar-refractivity contribution in [2.75, 3.05) is 26.2 Å². The van der Waals surface area contributed by atoms with E-state index in [1.807, 2.05) is 36.1 Å². The van der Waals surface area contributed by atoms with E-state index in [0.29, 0.717) is 32.8 Å². The first-order chi connectivity index (χ1) is 18.3. The minimum absolute atomic E-state index is 0.0202. The molecule has 200 valence electrons.